The summed E-state index contributed by atoms with van der Waals surface area (Å²) in [6, 6.07) is 10.4. The number of methoxy groups -OCH3 is 1. The minimum atomic E-state index is -0.399. The van der Waals surface area contributed by atoms with Gasteiger partial charge in [0.15, 0.2) is 0 Å². The van der Waals surface area contributed by atoms with Gasteiger partial charge in [0, 0.05) is 12.1 Å². The lowest BCUT2D eigenvalue weighted by Gasteiger charge is -2.17. The van der Waals surface area contributed by atoms with Gasteiger partial charge in [-0.3, -0.25) is 14.4 Å². The average Bonchev–Trinajstić information content (AvgIpc) is 2.67. The lowest BCUT2D eigenvalue weighted by atomic mass is 10.1. The normalized spacial score (nSPS) is 11.6. The van der Waals surface area contributed by atoms with E-state index in [0.717, 1.165) is 11.3 Å². The summed E-state index contributed by atoms with van der Waals surface area (Å²) in [5, 5.41) is 5.44. The smallest absolute Gasteiger partial charge is 0.274 e. The van der Waals surface area contributed by atoms with Crippen LogP contribution in [0.3, 0.4) is 0 Å². The van der Waals surface area contributed by atoms with Crippen LogP contribution in [0.4, 0.5) is 5.69 Å². The van der Waals surface area contributed by atoms with E-state index >= 15 is 0 Å². The highest BCUT2D eigenvalue weighted by Gasteiger charge is 2.14. The Kier molecular flexibility index (Phi) is 6.76. The maximum atomic E-state index is 12.6. The number of pyridine rings is 1. The third-order valence-electron chi connectivity index (χ3n) is 4.28. The van der Waals surface area contributed by atoms with E-state index in [1.165, 1.54) is 4.57 Å². The number of ether oxygens (including phenoxy) is 1. The molecular weight excluding hydrogens is 346 g/mol. The first kappa shape index (κ1) is 20.2. The second-order valence-electron chi connectivity index (χ2n) is 6.24. The number of benzene rings is 1. The van der Waals surface area contributed by atoms with E-state index in [1.807, 2.05) is 31.2 Å². The van der Waals surface area contributed by atoms with Crippen LogP contribution < -0.4 is 20.9 Å². The Labute approximate surface area is 158 Å². The molecule has 27 heavy (non-hydrogen) atoms. The van der Waals surface area contributed by atoms with Crippen LogP contribution in [0.15, 0.2) is 41.2 Å². The quantitative estimate of drug-likeness (QED) is 0.782. The summed E-state index contributed by atoms with van der Waals surface area (Å²) in [6.07, 6.45) is 0.271. The zero-order chi connectivity index (χ0) is 20.0. The number of aryl methyl sites for hydroxylation is 1. The van der Waals surface area contributed by atoms with Crippen molar-refractivity contribution < 1.29 is 14.3 Å². The summed E-state index contributed by atoms with van der Waals surface area (Å²) in [5.74, 6) is 0.202. The molecule has 0 aliphatic carbocycles. The Hall–Kier alpha value is -3.09. The molecule has 144 valence electrons. The Balaban J connectivity index is 2.11. The molecule has 0 fully saturated rings. The van der Waals surface area contributed by atoms with Gasteiger partial charge in [0.1, 0.15) is 18.0 Å². The number of anilines is 1. The van der Waals surface area contributed by atoms with E-state index in [4.69, 9.17) is 4.74 Å². The van der Waals surface area contributed by atoms with Gasteiger partial charge in [-0.25, -0.2) is 0 Å². The monoisotopic (exact) mass is 371 g/mol. The highest BCUT2D eigenvalue weighted by Crippen LogP contribution is 2.17. The molecule has 0 saturated heterocycles. The molecule has 2 aromatic rings. The third kappa shape index (κ3) is 5.20. The van der Waals surface area contributed by atoms with Gasteiger partial charge in [0.05, 0.1) is 13.2 Å². The van der Waals surface area contributed by atoms with Crippen molar-refractivity contribution in [2.45, 2.75) is 39.8 Å². The number of hydrogen-bond donors (Lipinski definition) is 2. The van der Waals surface area contributed by atoms with Crippen molar-refractivity contribution in [2.75, 3.05) is 12.4 Å². The van der Waals surface area contributed by atoms with Crippen LogP contribution >= 0.6 is 0 Å². The molecule has 1 aromatic heterocycles. The Morgan fingerprint density at radius 3 is 2.37 bits per heavy atom. The van der Waals surface area contributed by atoms with Gasteiger partial charge >= 0.3 is 0 Å². The summed E-state index contributed by atoms with van der Waals surface area (Å²) in [4.78, 5) is 36.5. The van der Waals surface area contributed by atoms with Crippen molar-refractivity contribution in [1.29, 1.82) is 0 Å². The molecule has 1 heterocycles. The number of nitrogens with one attached hydrogen (secondary N) is 2. The second-order valence-corrected chi connectivity index (χ2v) is 6.24. The molecule has 0 bridgehead atoms. The summed E-state index contributed by atoms with van der Waals surface area (Å²) < 4.78 is 6.48. The number of carbonyl (C=O) groups is 2. The summed E-state index contributed by atoms with van der Waals surface area (Å²) >= 11 is 0. The molecule has 1 aromatic carbocycles. The zero-order valence-corrected chi connectivity index (χ0v) is 16.0. The molecule has 0 aliphatic rings. The molecule has 2 N–H and O–H groups in total. The van der Waals surface area contributed by atoms with Gasteiger partial charge in [-0.05, 0) is 43.7 Å². The highest BCUT2D eigenvalue weighted by molar-refractivity contribution is 5.90. The summed E-state index contributed by atoms with van der Waals surface area (Å²) in [6.45, 7) is 5.19. The molecule has 1 atom stereocenters. The highest BCUT2D eigenvalue weighted by atomic mass is 16.5. The minimum Gasteiger partial charge on any atom is -0.497 e. The maximum Gasteiger partial charge on any atom is 0.274 e. The molecule has 2 amide bonds. The van der Waals surface area contributed by atoms with Gasteiger partial charge in [0.2, 0.25) is 11.8 Å². The topological polar surface area (TPSA) is 89.4 Å². The number of hydrogen-bond acceptors (Lipinski definition) is 4. The fourth-order valence-electron chi connectivity index (χ4n) is 2.61. The first-order valence-electron chi connectivity index (χ1n) is 8.79. The summed E-state index contributed by atoms with van der Waals surface area (Å²) in [5.41, 5.74) is 1.34. The first-order valence-corrected chi connectivity index (χ1v) is 8.79. The van der Waals surface area contributed by atoms with Crippen molar-refractivity contribution in [1.82, 2.24) is 9.88 Å². The molecule has 0 aliphatic heterocycles. The van der Waals surface area contributed by atoms with Crippen LogP contribution in [0.25, 0.3) is 0 Å². The molecule has 7 nitrogen and oxygen atoms in total. The number of amides is 2. The number of rotatable bonds is 7. The van der Waals surface area contributed by atoms with Gasteiger partial charge in [-0.2, -0.15) is 0 Å². The Bertz CT molecular complexity index is 872. The van der Waals surface area contributed by atoms with Crippen molar-refractivity contribution in [3.8, 4) is 5.75 Å². The van der Waals surface area contributed by atoms with Crippen LogP contribution in [0.5, 0.6) is 5.75 Å². The van der Waals surface area contributed by atoms with Crippen molar-refractivity contribution >= 4 is 17.5 Å². The molecular formula is C20H25N3O4. The predicted molar refractivity (Wildman–Crippen MR) is 104 cm³/mol. The van der Waals surface area contributed by atoms with E-state index < -0.39 is 5.56 Å². The Morgan fingerprint density at radius 2 is 1.78 bits per heavy atom. The van der Waals surface area contributed by atoms with Gasteiger partial charge in [-0.1, -0.05) is 19.1 Å². The van der Waals surface area contributed by atoms with Crippen molar-refractivity contribution in [3.05, 3.63) is 58.0 Å². The fourth-order valence-corrected chi connectivity index (χ4v) is 2.61. The van der Waals surface area contributed by atoms with E-state index in [9.17, 15) is 14.4 Å². The van der Waals surface area contributed by atoms with Crippen molar-refractivity contribution in [2.24, 2.45) is 0 Å². The van der Waals surface area contributed by atoms with Crippen LogP contribution in [0.1, 0.15) is 37.6 Å². The predicted octanol–water partition coefficient (Wildman–Crippen LogP) is 2.39. The van der Waals surface area contributed by atoms with E-state index in [0.29, 0.717) is 5.69 Å². The van der Waals surface area contributed by atoms with Crippen LogP contribution in [-0.2, 0) is 16.1 Å². The Morgan fingerprint density at radius 1 is 1.11 bits per heavy atom. The lowest BCUT2D eigenvalue weighted by molar-refractivity contribution is -0.122. The average molecular weight is 371 g/mol. The molecule has 0 saturated carbocycles. The van der Waals surface area contributed by atoms with Crippen molar-refractivity contribution in [3.63, 3.8) is 0 Å². The number of aromatic nitrogens is 1. The molecule has 2 rings (SSSR count). The largest absolute Gasteiger partial charge is 0.497 e. The van der Waals surface area contributed by atoms with Gasteiger partial charge in [-0.15, -0.1) is 0 Å². The fraction of sp³-hybridized carbons (Fsp3) is 0.350. The zero-order valence-electron chi connectivity index (χ0n) is 16.0. The van der Waals surface area contributed by atoms with E-state index in [2.05, 4.69) is 10.6 Å². The van der Waals surface area contributed by atoms with Crippen LogP contribution in [0, 0.1) is 6.92 Å². The minimum absolute atomic E-state index is 0.124. The second kappa shape index (κ2) is 9.02. The van der Waals surface area contributed by atoms with Gasteiger partial charge < -0.3 is 19.9 Å². The number of nitrogens with zero attached hydrogens (tertiary/aromatic N) is 1. The van der Waals surface area contributed by atoms with E-state index in [1.54, 1.807) is 33.1 Å². The van der Waals surface area contributed by atoms with Crippen LogP contribution in [-0.4, -0.2) is 23.5 Å². The summed E-state index contributed by atoms with van der Waals surface area (Å²) in [7, 11) is 1.59. The van der Waals surface area contributed by atoms with E-state index in [-0.39, 0.29) is 36.5 Å². The molecule has 0 radical (unpaired) electrons. The maximum absolute atomic E-state index is 12.6. The number of carbonyl (C=O) groups excluding carboxylic acids is 2. The standard InChI is InChI=1S/C20H25N3O4/c1-5-18(24)22-17-11-6-13(2)23(20(17)26)12-19(25)21-14(3)15-7-9-16(27-4)10-8-15/h6-11,14H,5,12H2,1-4H3,(H,21,25)(H,22,24)/t14-/m0/s1. The lowest BCUT2D eigenvalue weighted by Crippen LogP contribution is -2.35. The molecule has 0 spiro atoms. The van der Waals surface area contributed by atoms with Crippen LogP contribution in [0.2, 0.25) is 0 Å². The van der Waals surface area contributed by atoms with Gasteiger partial charge in [0.25, 0.3) is 5.56 Å². The SMILES string of the molecule is CCC(=O)Nc1ccc(C)n(CC(=O)N[C@@H](C)c2ccc(OC)cc2)c1=O. The molecule has 0 unspecified atom stereocenters. The third-order valence-corrected chi connectivity index (χ3v) is 4.28. The first-order chi connectivity index (χ1) is 12.8. The molecule has 7 heteroatoms.